The Hall–Kier alpha value is -1.41. The molecule has 0 N–H and O–H groups in total. The number of hydrogen-bond donors (Lipinski definition) is 0. The minimum atomic E-state index is -5.72. The van der Waals surface area contributed by atoms with E-state index in [1.807, 2.05) is 0 Å². The molecule has 9 heteroatoms. The van der Waals surface area contributed by atoms with E-state index in [2.05, 4.69) is 0 Å². The molecule has 0 unspecified atom stereocenters. The highest BCUT2D eigenvalue weighted by Crippen LogP contribution is 2.40. The van der Waals surface area contributed by atoms with Crippen molar-refractivity contribution in [3.05, 3.63) is 34.6 Å². The highest BCUT2D eigenvalue weighted by molar-refractivity contribution is 5.32. The summed E-state index contributed by atoms with van der Waals surface area (Å²) in [7, 11) is 0. The van der Waals surface area contributed by atoms with E-state index in [4.69, 9.17) is 0 Å². The maximum atomic E-state index is 12.8. The van der Waals surface area contributed by atoms with E-state index in [1.165, 1.54) is 0 Å². The molecule has 0 spiro atoms. The third-order valence-corrected chi connectivity index (χ3v) is 1.66. The van der Waals surface area contributed by atoms with E-state index in [1.54, 1.807) is 0 Å². The first-order valence-electron chi connectivity index (χ1n) is 3.70. The van der Waals surface area contributed by atoms with Gasteiger partial charge in [-0.1, -0.05) is 0 Å². The molecule has 1 radical (unpaired) electrons. The molecule has 0 saturated carbocycles. The van der Waals surface area contributed by atoms with Gasteiger partial charge in [0.05, 0.1) is 6.07 Å². The quantitative estimate of drug-likeness (QED) is 0.624. The first kappa shape index (κ1) is 13.7. The molecule has 17 heavy (non-hydrogen) atoms. The Labute approximate surface area is 87.7 Å². The zero-order valence-electron chi connectivity index (χ0n) is 7.40. The van der Waals surface area contributed by atoms with Gasteiger partial charge in [0.25, 0.3) is 0 Å². The van der Waals surface area contributed by atoms with Crippen molar-refractivity contribution in [1.82, 2.24) is 0 Å². The monoisotopic (exact) mass is 267 g/mol. The molecule has 0 amide bonds. The Morgan fingerprint density at radius 1 is 0.647 bits per heavy atom. The van der Waals surface area contributed by atoms with Gasteiger partial charge in [-0.3, -0.25) is 0 Å². The van der Waals surface area contributed by atoms with E-state index in [9.17, 15) is 39.5 Å². The summed E-state index contributed by atoms with van der Waals surface area (Å²) in [5.74, 6) is -8.18. The molecule has 0 aliphatic heterocycles. The molecule has 1 aromatic rings. The summed E-state index contributed by atoms with van der Waals surface area (Å²) in [6, 6.07) is 0.548. The molecule has 0 bridgehead atoms. The van der Waals surface area contributed by atoms with Gasteiger partial charge in [-0.05, 0) is 0 Å². The molecule has 0 aliphatic carbocycles. The third-order valence-electron chi connectivity index (χ3n) is 1.66. The van der Waals surface area contributed by atoms with E-state index in [0.29, 0.717) is 6.07 Å². The lowest BCUT2D eigenvalue weighted by molar-refractivity contribution is -0.150. The van der Waals surface area contributed by atoms with Crippen LogP contribution in [0.5, 0.6) is 0 Å². The van der Waals surface area contributed by atoms with Crippen LogP contribution in [0.1, 0.15) is 11.1 Å². The van der Waals surface area contributed by atoms with Gasteiger partial charge in [0, 0.05) is 0 Å². The van der Waals surface area contributed by atoms with Crippen molar-refractivity contribution in [2.75, 3.05) is 0 Å². The first-order valence-corrected chi connectivity index (χ1v) is 3.70. The first-order chi connectivity index (χ1) is 7.46. The van der Waals surface area contributed by atoms with Crippen LogP contribution in [0, 0.1) is 23.5 Å². The van der Waals surface area contributed by atoms with Crippen LogP contribution in [0.2, 0.25) is 0 Å². The predicted molar refractivity (Wildman–Crippen MR) is 35.2 cm³/mol. The summed E-state index contributed by atoms with van der Waals surface area (Å²) in [6.45, 7) is 0. The largest absolute Gasteiger partial charge is 0.422 e. The topological polar surface area (TPSA) is 0 Å². The predicted octanol–water partition coefficient (Wildman–Crippen LogP) is 3.94. The van der Waals surface area contributed by atoms with Gasteiger partial charge in [0.15, 0.2) is 5.82 Å². The molecular formula is C8F9. The SMILES string of the molecule is Fc1[c]c(F)c(C(F)(F)F)c(F)c1C(F)(F)F. The van der Waals surface area contributed by atoms with Crippen molar-refractivity contribution < 1.29 is 39.5 Å². The fourth-order valence-corrected chi connectivity index (χ4v) is 1.04. The van der Waals surface area contributed by atoms with Gasteiger partial charge in [0.1, 0.15) is 22.8 Å². The van der Waals surface area contributed by atoms with Crippen molar-refractivity contribution >= 4 is 0 Å². The lowest BCUT2D eigenvalue weighted by Gasteiger charge is -2.14. The minimum absolute atomic E-state index is 0.548. The molecule has 0 heterocycles. The molecule has 1 aromatic carbocycles. The fourth-order valence-electron chi connectivity index (χ4n) is 1.04. The van der Waals surface area contributed by atoms with Crippen molar-refractivity contribution in [2.24, 2.45) is 0 Å². The van der Waals surface area contributed by atoms with Crippen LogP contribution in [-0.4, -0.2) is 0 Å². The van der Waals surface area contributed by atoms with Crippen molar-refractivity contribution in [3.63, 3.8) is 0 Å². The summed E-state index contributed by atoms with van der Waals surface area (Å²) < 4.78 is 110. The van der Waals surface area contributed by atoms with Gasteiger partial charge in [-0.15, -0.1) is 0 Å². The summed E-state index contributed by atoms with van der Waals surface area (Å²) in [5, 5.41) is 0. The molecule has 0 fully saturated rings. The summed E-state index contributed by atoms with van der Waals surface area (Å²) in [4.78, 5) is 0. The average molecular weight is 267 g/mol. The Morgan fingerprint density at radius 2 is 0.941 bits per heavy atom. The summed E-state index contributed by atoms with van der Waals surface area (Å²) in [5.41, 5.74) is -5.66. The van der Waals surface area contributed by atoms with Crippen LogP contribution < -0.4 is 0 Å². The molecule has 0 aliphatic rings. The zero-order valence-corrected chi connectivity index (χ0v) is 7.40. The summed E-state index contributed by atoms with van der Waals surface area (Å²) in [6.07, 6.45) is -11.4. The normalized spacial score (nSPS) is 13.0. The Morgan fingerprint density at radius 3 is 1.18 bits per heavy atom. The Balaban J connectivity index is 3.67. The Kier molecular flexibility index (Phi) is 3.06. The van der Waals surface area contributed by atoms with E-state index in [0.717, 1.165) is 0 Å². The maximum absolute atomic E-state index is 12.8. The molecule has 95 valence electrons. The second kappa shape index (κ2) is 3.81. The van der Waals surface area contributed by atoms with Gasteiger partial charge < -0.3 is 0 Å². The standard InChI is InChI=1S/C8F9/c9-2-1-3(10)5(8(15,16)17)6(11)4(2)7(12,13)14. The number of alkyl halides is 6. The van der Waals surface area contributed by atoms with Crippen molar-refractivity contribution in [1.29, 1.82) is 0 Å². The van der Waals surface area contributed by atoms with Crippen molar-refractivity contribution in [2.45, 2.75) is 12.4 Å². The number of rotatable bonds is 0. The van der Waals surface area contributed by atoms with E-state index in [-0.39, 0.29) is 0 Å². The lowest BCUT2D eigenvalue weighted by atomic mass is 10.1. The van der Waals surface area contributed by atoms with Gasteiger partial charge in [-0.25, -0.2) is 13.2 Å². The van der Waals surface area contributed by atoms with Gasteiger partial charge >= 0.3 is 12.4 Å². The molecule has 1 rings (SSSR count). The minimum Gasteiger partial charge on any atom is -0.205 e. The second-order valence-corrected chi connectivity index (χ2v) is 2.81. The van der Waals surface area contributed by atoms with Gasteiger partial charge in [0.2, 0.25) is 0 Å². The van der Waals surface area contributed by atoms with Crippen LogP contribution in [-0.2, 0) is 12.4 Å². The van der Waals surface area contributed by atoms with E-state index < -0.39 is 40.9 Å². The molecule has 0 nitrogen and oxygen atoms in total. The molecule has 0 aromatic heterocycles. The Bertz CT molecular complexity index is 402. The molecule has 0 saturated heterocycles. The third kappa shape index (κ3) is 2.47. The summed E-state index contributed by atoms with van der Waals surface area (Å²) >= 11 is 0. The van der Waals surface area contributed by atoms with Crippen LogP contribution in [0.15, 0.2) is 0 Å². The zero-order chi connectivity index (χ0) is 13.6. The fraction of sp³-hybridized carbons (Fsp3) is 0.250. The van der Waals surface area contributed by atoms with Crippen molar-refractivity contribution in [3.8, 4) is 0 Å². The van der Waals surface area contributed by atoms with Crippen LogP contribution in [0.3, 0.4) is 0 Å². The number of benzene rings is 1. The second-order valence-electron chi connectivity index (χ2n) is 2.81. The molecule has 0 atom stereocenters. The average Bonchev–Trinajstić information content (AvgIpc) is 1.94. The van der Waals surface area contributed by atoms with E-state index >= 15 is 0 Å². The smallest absolute Gasteiger partial charge is 0.205 e. The highest BCUT2D eigenvalue weighted by Gasteiger charge is 2.46. The lowest BCUT2D eigenvalue weighted by Crippen LogP contribution is -2.19. The highest BCUT2D eigenvalue weighted by atomic mass is 19.4. The molecular weight excluding hydrogens is 267 g/mol. The number of halogens is 9. The van der Waals surface area contributed by atoms with Crippen LogP contribution in [0.4, 0.5) is 39.5 Å². The maximum Gasteiger partial charge on any atom is 0.422 e. The van der Waals surface area contributed by atoms with Gasteiger partial charge in [-0.2, -0.15) is 26.3 Å². The number of hydrogen-bond acceptors (Lipinski definition) is 0. The van der Waals surface area contributed by atoms with Crippen LogP contribution >= 0.6 is 0 Å². The van der Waals surface area contributed by atoms with Crippen LogP contribution in [0.25, 0.3) is 0 Å².